The summed E-state index contributed by atoms with van der Waals surface area (Å²) < 4.78 is 0. The highest BCUT2D eigenvalue weighted by Crippen LogP contribution is 2.39. The third-order valence-corrected chi connectivity index (χ3v) is 3.48. The van der Waals surface area contributed by atoms with Crippen LogP contribution >= 0.6 is 0 Å². The number of aliphatic hydroxyl groups is 1. The molecule has 1 aromatic carbocycles. The molecule has 0 heterocycles. The molecule has 2 N–H and O–H groups in total. The second kappa shape index (κ2) is 3.95. The largest absolute Gasteiger partial charge is 0.507 e. The van der Waals surface area contributed by atoms with Crippen LogP contribution in [-0.4, -0.2) is 16.8 Å². The molecule has 0 bridgehead atoms. The van der Waals surface area contributed by atoms with Crippen molar-refractivity contribution >= 4 is 6.08 Å². The summed E-state index contributed by atoms with van der Waals surface area (Å²) in [6.45, 7) is 6.22. The Hall–Kier alpha value is -1.28. The molecule has 1 aliphatic rings. The summed E-state index contributed by atoms with van der Waals surface area (Å²) in [6.07, 6.45) is 3.61. The molecule has 0 unspecified atom stereocenters. The van der Waals surface area contributed by atoms with Gasteiger partial charge >= 0.3 is 0 Å². The fourth-order valence-electron chi connectivity index (χ4n) is 2.60. The van der Waals surface area contributed by atoms with Crippen LogP contribution in [0.3, 0.4) is 0 Å². The van der Waals surface area contributed by atoms with Gasteiger partial charge < -0.3 is 10.2 Å². The summed E-state index contributed by atoms with van der Waals surface area (Å²) in [5.41, 5.74) is 6.71. The van der Waals surface area contributed by atoms with E-state index in [0.717, 1.165) is 28.7 Å². The van der Waals surface area contributed by atoms with Crippen molar-refractivity contribution < 1.29 is 10.2 Å². The number of fused-ring (bicyclic) bond motifs is 1. The second-order valence-corrected chi connectivity index (χ2v) is 4.61. The van der Waals surface area contributed by atoms with Crippen molar-refractivity contribution in [3.8, 4) is 5.75 Å². The van der Waals surface area contributed by atoms with Crippen LogP contribution in [0.2, 0.25) is 0 Å². The number of phenolic OH excluding ortho intramolecular Hbond substituents is 1. The Morgan fingerprint density at radius 1 is 1.19 bits per heavy atom. The summed E-state index contributed by atoms with van der Waals surface area (Å²) in [7, 11) is 0. The topological polar surface area (TPSA) is 40.5 Å². The van der Waals surface area contributed by atoms with Crippen molar-refractivity contribution in [1.82, 2.24) is 0 Å². The Balaban J connectivity index is 2.66. The molecule has 16 heavy (non-hydrogen) atoms. The number of allylic oxidation sites excluding steroid dienone is 1. The third-order valence-electron chi connectivity index (χ3n) is 3.48. The molecular weight excluding hydrogens is 200 g/mol. The van der Waals surface area contributed by atoms with E-state index < -0.39 is 0 Å². The molecule has 0 fully saturated rings. The summed E-state index contributed by atoms with van der Waals surface area (Å²) in [4.78, 5) is 0. The highest BCUT2D eigenvalue weighted by atomic mass is 16.3. The van der Waals surface area contributed by atoms with Gasteiger partial charge in [-0.15, -0.1) is 0 Å². The minimum atomic E-state index is 0.128. The Labute approximate surface area is 96.2 Å². The molecule has 0 radical (unpaired) electrons. The third kappa shape index (κ3) is 1.54. The predicted molar refractivity (Wildman–Crippen MR) is 65.7 cm³/mol. The van der Waals surface area contributed by atoms with Crippen LogP contribution in [0.15, 0.2) is 5.57 Å². The molecular formula is C14H18O2. The van der Waals surface area contributed by atoms with Crippen LogP contribution in [0, 0.1) is 13.8 Å². The van der Waals surface area contributed by atoms with Crippen LogP contribution < -0.4 is 0 Å². The Morgan fingerprint density at radius 2 is 1.88 bits per heavy atom. The first-order valence-electron chi connectivity index (χ1n) is 5.68. The number of rotatable bonds is 2. The van der Waals surface area contributed by atoms with E-state index in [1.165, 1.54) is 11.1 Å². The summed E-state index contributed by atoms with van der Waals surface area (Å²) in [5, 5.41) is 19.2. The number of hydrogen-bond acceptors (Lipinski definition) is 2. The fraction of sp³-hybridized carbons (Fsp3) is 0.429. The van der Waals surface area contributed by atoms with E-state index in [1.54, 1.807) is 0 Å². The lowest BCUT2D eigenvalue weighted by Crippen LogP contribution is -2.02. The molecule has 0 amide bonds. The van der Waals surface area contributed by atoms with Gasteiger partial charge in [-0.05, 0) is 55.9 Å². The van der Waals surface area contributed by atoms with Gasteiger partial charge in [0.15, 0.2) is 0 Å². The molecule has 0 aromatic heterocycles. The average Bonchev–Trinajstić information content (AvgIpc) is 2.64. The average molecular weight is 218 g/mol. The number of phenols is 1. The van der Waals surface area contributed by atoms with Crippen LogP contribution in [0.1, 0.15) is 34.7 Å². The maximum atomic E-state index is 10.2. The van der Waals surface area contributed by atoms with Gasteiger partial charge in [0.1, 0.15) is 5.75 Å². The zero-order chi connectivity index (χ0) is 11.9. The van der Waals surface area contributed by atoms with Crippen LogP contribution in [-0.2, 0) is 12.8 Å². The molecule has 0 atom stereocenters. The van der Waals surface area contributed by atoms with Gasteiger partial charge in [-0.2, -0.15) is 0 Å². The fourth-order valence-corrected chi connectivity index (χ4v) is 2.60. The van der Waals surface area contributed by atoms with Gasteiger partial charge in [0.2, 0.25) is 0 Å². The Kier molecular flexibility index (Phi) is 2.76. The lowest BCUT2D eigenvalue weighted by molar-refractivity contribution is 0.299. The highest BCUT2D eigenvalue weighted by molar-refractivity contribution is 5.72. The van der Waals surface area contributed by atoms with Crippen LogP contribution in [0.25, 0.3) is 6.08 Å². The molecule has 2 nitrogen and oxygen atoms in total. The normalized spacial score (nSPS) is 13.9. The molecule has 0 saturated carbocycles. The molecule has 86 valence electrons. The molecule has 0 saturated heterocycles. The molecule has 0 aliphatic heterocycles. The van der Waals surface area contributed by atoms with Crippen molar-refractivity contribution in [2.75, 3.05) is 6.61 Å². The smallest absolute Gasteiger partial charge is 0.122 e. The first-order valence-corrected chi connectivity index (χ1v) is 5.68. The maximum Gasteiger partial charge on any atom is 0.122 e. The molecule has 1 aromatic rings. The lowest BCUT2D eigenvalue weighted by atomic mass is 9.91. The molecule has 0 spiro atoms. The van der Waals surface area contributed by atoms with Gasteiger partial charge in [0, 0.05) is 12.2 Å². The van der Waals surface area contributed by atoms with Gasteiger partial charge in [-0.25, -0.2) is 0 Å². The zero-order valence-corrected chi connectivity index (χ0v) is 10.1. The van der Waals surface area contributed by atoms with E-state index in [4.69, 9.17) is 5.11 Å². The Bertz CT molecular complexity index is 467. The van der Waals surface area contributed by atoms with E-state index in [1.807, 2.05) is 6.92 Å². The van der Waals surface area contributed by atoms with E-state index in [-0.39, 0.29) is 6.61 Å². The van der Waals surface area contributed by atoms with Crippen LogP contribution in [0.5, 0.6) is 5.75 Å². The van der Waals surface area contributed by atoms with Gasteiger partial charge in [-0.3, -0.25) is 0 Å². The van der Waals surface area contributed by atoms with Crippen molar-refractivity contribution in [1.29, 1.82) is 0 Å². The van der Waals surface area contributed by atoms with E-state index in [0.29, 0.717) is 12.2 Å². The van der Waals surface area contributed by atoms with Crippen LogP contribution in [0.4, 0.5) is 0 Å². The summed E-state index contributed by atoms with van der Waals surface area (Å²) in [6, 6.07) is 0. The zero-order valence-electron chi connectivity index (χ0n) is 10.1. The molecule has 2 rings (SSSR count). The number of benzene rings is 1. The highest BCUT2D eigenvalue weighted by Gasteiger charge is 2.21. The Morgan fingerprint density at radius 3 is 2.50 bits per heavy atom. The number of hydrogen-bond donors (Lipinski definition) is 2. The quantitative estimate of drug-likeness (QED) is 0.800. The van der Waals surface area contributed by atoms with Gasteiger partial charge in [0.25, 0.3) is 0 Å². The minimum Gasteiger partial charge on any atom is -0.507 e. The summed E-state index contributed by atoms with van der Waals surface area (Å²) in [5.74, 6) is 0.414. The number of aliphatic hydroxyl groups excluding tert-OH is 1. The predicted octanol–water partition coefficient (Wildman–Crippen LogP) is 2.50. The van der Waals surface area contributed by atoms with E-state index in [9.17, 15) is 5.11 Å². The standard InChI is InChI=1S/C14H18O2/c1-8-6-12-9(2)11(4-5-15)10(3)14(16)13(12)7-8/h6,15-16H,4-5,7H2,1-3H3. The van der Waals surface area contributed by atoms with Crippen molar-refractivity contribution in [2.45, 2.75) is 33.6 Å². The first-order chi connectivity index (χ1) is 7.56. The molecule has 1 aliphatic carbocycles. The van der Waals surface area contributed by atoms with Crippen molar-refractivity contribution in [3.05, 3.63) is 33.4 Å². The summed E-state index contributed by atoms with van der Waals surface area (Å²) >= 11 is 0. The molecule has 2 heteroatoms. The number of aromatic hydroxyl groups is 1. The van der Waals surface area contributed by atoms with Crippen molar-refractivity contribution in [2.24, 2.45) is 0 Å². The van der Waals surface area contributed by atoms with E-state index in [2.05, 4.69) is 19.9 Å². The van der Waals surface area contributed by atoms with Gasteiger partial charge in [-0.1, -0.05) is 11.6 Å². The van der Waals surface area contributed by atoms with Gasteiger partial charge in [0.05, 0.1) is 0 Å². The minimum absolute atomic E-state index is 0.128. The lowest BCUT2D eigenvalue weighted by Gasteiger charge is -2.16. The monoisotopic (exact) mass is 218 g/mol. The van der Waals surface area contributed by atoms with Crippen molar-refractivity contribution in [3.63, 3.8) is 0 Å². The van der Waals surface area contributed by atoms with E-state index >= 15 is 0 Å². The second-order valence-electron chi connectivity index (χ2n) is 4.61. The SMILES string of the molecule is CC1=Cc2c(C)c(CCO)c(C)c(O)c2C1. The maximum absolute atomic E-state index is 10.2. The first kappa shape index (κ1) is 11.2.